The molecule has 0 bridgehead atoms. The number of benzene rings is 2. The lowest BCUT2D eigenvalue weighted by molar-refractivity contribution is 0.0141. The van der Waals surface area contributed by atoms with E-state index in [1.807, 2.05) is 48.6 Å². The molecule has 4 heteroatoms. The van der Waals surface area contributed by atoms with Crippen LogP contribution >= 0.6 is 0 Å². The molecule has 4 nitrogen and oxygen atoms in total. The van der Waals surface area contributed by atoms with Crippen LogP contribution in [0.2, 0.25) is 0 Å². The van der Waals surface area contributed by atoms with Crippen molar-refractivity contribution in [2.24, 2.45) is 0 Å². The Bertz CT molecular complexity index is 773. The van der Waals surface area contributed by atoms with Gasteiger partial charge in [0.15, 0.2) is 0 Å². The highest BCUT2D eigenvalue weighted by atomic mass is 16.3. The number of fused-ring (bicyclic) bond motifs is 2. The van der Waals surface area contributed by atoms with E-state index in [0.717, 1.165) is 33.4 Å². The molecule has 0 saturated carbocycles. The van der Waals surface area contributed by atoms with Gasteiger partial charge in [0.2, 0.25) is 0 Å². The Balaban J connectivity index is 1.67. The number of hydrogen-bond donors (Lipinski definition) is 4. The highest BCUT2D eigenvalue weighted by molar-refractivity contribution is 5.74. The lowest BCUT2D eigenvalue weighted by Crippen LogP contribution is -2.35. The Labute approximate surface area is 153 Å². The third-order valence-corrected chi connectivity index (χ3v) is 5.63. The van der Waals surface area contributed by atoms with Crippen molar-refractivity contribution in [2.45, 2.75) is 50.1 Å². The van der Waals surface area contributed by atoms with Gasteiger partial charge in [0, 0.05) is 25.7 Å². The van der Waals surface area contributed by atoms with Crippen molar-refractivity contribution in [1.82, 2.24) is 0 Å². The lowest BCUT2D eigenvalue weighted by atomic mass is 9.83. The van der Waals surface area contributed by atoms with Gasteiger partial charge in [-0.25, -0.2) is 0 Å². The molecule has 4 N–H and O–H groups in total. The lowest BCUT2D eigenvalue weighted by Gasteiger charge is -2.27. The van der Waals surface area contributed by atoms with Crippen molar-refractivity contribution in [3.8, 4) is 0 Å². The molecule has 0 unspecified atom stereocenters. The summed E-state index contributed by atoms with van der Waals surface area (Å²) in [6.45, 7) is 0. The van der Waals surface area contributed by atoms with E-state index >= 15 is 0 Å². The fourth-order valence-electron chi connectivity index (χ4n) is 4.09. The smallest absolute Gasteiger partial charge is 0.0842 e. The molecule has 2 aliphatic carbocycles. The van der Waals surface area contributed by atoms with Gasteiger partial charge in [-0.3, -0.25) is 0 Å². The van der Waals surface area contributed by atoms with E-state index in [9.17, 15) is 20.4 Å². The molecule has 2 aromatic rings. The maximum absolute atomic E-state index is 10.0. The van der Waals surface area contributed by atoms with Gasteiger partial charge in [-0.2, -0.15) is 0 Å². The van der Waals surface area contributed by atoms with Gasteiger partial charge in [0.1, 0.15) is 0 Å². The molecule has 0 aliphatic heterocycles. The van der Waals surface area contributed by atoms with Gasteiger partial charge in [-0.05, 0) is 33.4 Å². The minimum atomic E-state index is -0.724. The van der Waals surface area contributed by atoms with E-state index in [4.69, 9.17) is 0 Å². The van der Waals surface area contributed by atoms with Gasteiger partial charge < -0.3 is 20.4 Å². The Morgan fingerprint density at radius 1 is 0.577 bits per heavy atom. The third-order valence-electron chi connectivity index (χ3n) is 5.63. The normalized spacial score (nSPS) is 28.0. The molecule has 2 aromatic carbocycles. The zero-order valence-corrected chi connectivity index (χ0v) is 14.5. The quantitative estimate of drug-likeness (QED) is 0.618. The topological polar surface area (TPSA) is 80.9 Å². The highest BCUT2D eigenvalue weighted by Gasteiger charge is 2.27. The highest BCUT2D eigenvalue weighted by Crippen LogP contribution is 2.29. The Morgan fingerprint density at radius 2 is 0.962 bits per heavy atom. The summed E-state index contributed by atoms with van der Waals surface area (Å²) >= 11 is 0. The van der Waals surface area contributed by atoms with Crippen molar-refractivity contribution in [1.29, 1.82) is 0 Å². The molecule has 0 aromatic heterocycles. The van der Waals surface area contributed by atoms with Crippen LogP contribution in [0, 0.1) is 0 Å². The van der Waals surface area contributed by atoms with E-state index < -0.39 is 24.4 Å². The molecule has 0 radical (unpaired) electrons. The van der Waals surface area contributed by atoms with Gasteiger partial charge >= 0.3 is 0 Å². The first-order chi connectivity index (χ1) is 12.5. The second-order valence-corrected chi connectivity index (χ2v) is 7.39. The van der Waals surface area contributed by atoms with Crippen LogP contribution in [0.3, 0.4) is 0 Å². The largest absolute Gasteiger partial charge is 0.390 e. The monoisotopic (exact) mass is 352 g/mol. The van der Waals surface area contributed by atoms with Gasteiger partial charge in [-0.1, -0.05) is 48.6 Å². The first kappa shape index (κ1) is 17.4. The molecule has 136 valence electrons. The predicted molar refractivity (Wildman–Crippen MR) is 101 cm³/mol. The molecule has 4 atom stereocenters. The molecule has 26 heavy (non-hydrogen) atoms. The number of aliphatic hydroxyl groups excluding tert-OH is 4. The minimum Gasteiger partial charge on any atom is -0.390 e. The number of aliphatic hydroxyl groups is 4. The Hall–Kier alpha value is -1.98. The SMILES string of the molecule is O[C@@H]1Cc2c(/C=C/c3cccc4c3C[C@@H](O)[C@@H](O)C4)cccc2C[C@@H]1O. The van der Waals surface area contributed by atoms with Crippen LogP contribution < -0.4 is 0 Å². The van der Waals surface area contributed by atoms with Crippen LogP contribution in [-0.2, 0) is 25.7 Å². The molecule has 0 fully saturated rings. The molecule has 4 rings (SSSR count). The van der Waals surface area contributed by atoms with E-state index in [1.165, 1.54) is 0 Å². The Kier molecular flexibility index (Phi) is 4.67. The van der Waals surface area contributed by atoms with Crippen LogP contribution in [0.5, 0.6) is 0 Å². The molecule has 0 amide bonds. The van der Waals surface area contributed by atoms with Gasteiger partial charge in [-0.15, -0.1) is 0 Å². The second kappa shape index (κ2) is 6.97. The average Bonchev–Trinajstić information content (AvgIpc) is 2.62. The molecular weight excluding hydrogens is 328 g/mol. The predicted octanol–water partition coefficient (Wildman–Crippen LogP) is 1.50. The summed E-state index contributed by atoms with van der Waals surface area (Å²) in [6.07, 6.45) is 3.09. The fourth-order valence-corrected chi connectivity index (χ4v) is 4.09. The van der Waals surface area contributed by atoms with Gasteiger partial charge in [0.05, 0.1) is 24.4 Å². The van der Waals surface area contributed by atoms with E-state index in [-0.39, 0.29) is 0 Å². The summed E-state index contributed by atoms with van der Waals surface area (Å²) in [5.41, 5.74) is 6.42. The zero-order valence-electron chi connectivity index (χ0n) is 14.5. The zero-order chi connectivity index (χ0) is 18.3. The van der Waals surface area contributed by atoms with Crippen molar-refractivity contribution in [3.63, 3.8) is 0 Å². The van der Waals surface area contributed by atoms with Crippen molar-refractivity contribution in [2.75, 3.05) is 0 Å². The van der Waals surface area contributed by atoms with Crippen molar-refractivity contribution >= 4 is 12.2 Å². The molecule has 0 spiro atoms. The van der Waals surface area contributed by atoms with E-state index in [2.05, 4.69) is 0 Å². The van der Waals surface area contributed by atoms with Crippen molar-refractivity contribution in [3.05, 3.63) is 69.8 Å². The molecule has 0 saturated heterocycles. The number of hydrogen-bond acceptors (Lipinski definition) is 4. The van der Waals surface area contributed by atoms with Crippen LogP contribution in [0.4, 0.5) is 0 Å². The maximum Gasteiger partial charge on any atom is 0.0842 e. The third kappa shape index (κ3) is 3.21. The summed E-state index contributed by atoms with van der Waals surface area (Å²) in [5, 5.41) is 39.8. The van der Waals surface area contributed by atoms with Crippen LogP contribution in [0.1, 0.15) is 33.4 Å². The first-order valence-electron chi connectivity index (χ1n) is 9.15. The summed E-state index contributed by atoms with van der Waals surface area (Å²) in [6, 6.07) is 12.0. The maximum atomic E-state index is 10.0. The van der Waals surface area contributed by atoms with Crippen LogP contribution in [-0.4, -0.2) is 44.8 Å². The minimum absolute atomic E-state index is 0.453. The summed E-state index contributed by atoms with van der Waals surface area (Å²) in [4.78, 5) is 0. The van der Waals surface area contributed by atoms with E-state index in [0.29, 0.717) is 25.7 Å². The Morgan fingerprint density at radius 3 is 1.38 bits per heavy atom. The van der Waals surface area contributed by atoms with E-state index in [1.54, 1.807) is 0 Å². The van der Waals surface area contributed by atoms with Crippen LogP contribution in [0.15, 0.2) is 36.4 Å². The van der Waals surface area contributed by atoms with Gasteiger partial charge in [0.25, 0.3) is 0 Å². The molecule has 0 heterocycles. The van der Waals surface area contributed by atoms with Crippen LogP contribution in [0.25, 0.3) is 12.2 Å². The second-order valence-electron chi connectivity index (χ2n) is 7.39. The standard InChI is InChI=1S/C22H24O4/c23-19-9-15-5-1-3-13(17(15)11-21(19)25)7-8-14-4-2-6-16-10-20(24)22(26)12-18(14)16/h1-8,19-26H,9-12H2/b8-7+/t19-,20-,21+,22+/m0/s1. The molecule has 2 aliphatic rings. The number of rotatable bonds is 2. The molecular formula is C22H24O4. The van der Waals surface area contributed by atoms with Crippen molar-refractivity contribution < 1.29 is 20.4 Å². The summed E-state index contributed by atoms with van der Waals surface area (Å²) in [7, 11) is 0. The average molecular weight is 352 g/mol. The fraction of sp³-hybridized carbons (Fsp3) is 0.364. The summed E-state index contributed by atoms with van der Waals surface area (Å²) in [5.74, 6) is 0. The summed E-state index contributed by atoms with van der Waals surface area (Å²) < 4.78 is 0. The first-order valence-corrected chi connectivity index (χ1v) is 9.15.